The van der Waals surface area contributed by atoms with Crippen molar-refractivity contribution < 1.29 is 5.11 Å². The molecule has 0 aliphatic rings. The summed E-state index contributed by atoms with van der Waals surface area (Å²) in [4.78, 5) is 23.7. The minimum atomic E-state index is -0.947. The van der Waals surface area contributed by atoms with Crippen molar-refractivity contribution in [1.82, 2.24) is 0 Å². The van der Waals surface area contributed by atoms with Crippen molar-refractivity contribution >= 4 is 17.1 Å². The summed E-state index contributed by atoms with van der Waals surface area (Å²) in [6, 6.07) is 7.17. The summed E-state index contributed by atoms with van der Waals surface area (Å²) >= 11 is 0. The second kappa shape index (κ2) is 3.93. The van der Waals surface area contributed by atoms with Gasteiger partial charge in [0.05, 0.1) is 5.69 Å². The average Bonchev–Trinajstić information content (AvgIpc) is 2.35. The smallest absolute Gasteiger partial charge is 0.247 e. The Bertz CT molecular complexity index is 607. The lowest BCUT2D eigenvalue weighted by Gasteiger charge is -2.17. The van der Waals surface area contributed by atoms with Crippen LogP contribution < -0.4 is 26.2 Å². The Labute approximate surface area is 97.6 Å². The Hall–Kier alpha value is -2.30. The number of hydrogen-bond acceptors (Lipinski definition) is 5. The van der Waals surface area contributed by atoms with Gasteiger partial charge in [-0.2, -0.15) is 0 Å². The van der Waals surface area contributed by atoms with E-state index in [2.05, 4.69) is 5.32 Å². The van der Waals surface area contributed by atoms with Crippen molar-refractivity contribution in [2.45, 2.75) is 0 Å². The van der Waals surface area contributed by atoms with Crippen LogP contribution >= 0.6 is 0 Å². The minimum Gasteiger partial charge on any atom is -0.868 e. The van der Waals surface area contributed by atoms with E-state index < -0.39 is 16.6 Å². The van der Waals surface area contributed by atoms with E-state index >= 15 is 0 Å². The maximum atomic E-state index is 11.1. The number of nitrogens with one attached hydrogen (secondary N) is 1. The zero-order valence-corrected chi connectivity index (χ0v) is 9.48. The van der Waals surface area contributed by atoms with Crippen LogP contribution in [0.2, 0.25) is 0 Å². The highest BCUT2D eigenvalue weighted by Crippen LogP contribution is 2.21. The van der Waals surface area contributed by atoms with Gasteiger partial charge in [0.1, 0.15) is 0 Å². The van der Waals surface area contributed by atoms with Gasteiger partial charge in [0.25, 0.3) is 0 Å². The van der Waals surface area contributed by atoms with Gasteiger partial charge < -0.3 is 15.3 Å². The van der Waals surface area contributed by atoms with E-state index in [1.54, 1.807) is 12.1 Å². The molecule has 0 aromatic heterocycles. The number of anilines is 3. The van der Waals surface area contributed by atoms with E-state index in [0.717, 1.165) is 5.69 Å². The van der Waals surface area contributed by atoms with Crippen LogP contribution in [-0.4, -0.2) is 14.1 Å². The topological polar surface area (TPSA) is 72.5 Å². The third kappa shape index (κ3) is 1.87. The predicted octanol–water partition coefficient (Wildman–Crippen LogP) is 0.166. The van der Waals surface area contributed by atoms with E-state index in [1.165, 1.54) is 0 Å². The standard InChI is InChI=1S/C12H12N2O3/c1-14(2)8-5-3-7(4-6-8)13-9-10(15)12(17)11(9)16/h3-6,13,15H,1-2H3/p-1. The monoisotopic (exact) mass is 231 g/mol. The fourth-order valence-electron chi connectivity index (χ4n) is 1.47. The summed E-state index contributed by atoms with van der Waals surface area (Å²) in [5, 5.41) is 13.7. The van der Waals surface area contributed by atoms with Crippen molar-refractivity contribution in [1.29, 1.82) is 0 Å². The van der Waals surface area contributed by atoms with E-state index in [1.807, 2.05) is 31.1 Å². The Morgan fingerprint density at radius 3 is 2.12 bits per heavy atom. The molecule has 1 N–H and O–H groups in total. The quantitative estimate of drug-likeness (QED) is 0.762. The van der Waals surface area contributed by atoms with Crippen molar-refractivity contribution in [2.24, 2.45) is 0 Å². The van der Waals surface area contributed by atoms with Gasteiger partial charge >= 0.3 is 0 Å². The Morgan fingerprint density at radius 1 is 1.06 bits per heavy atom. The van der Waals surface area contributed by atoms with Crippen LogP contribution in [0.5, 0.6) is 5.75 Å². The molecule has 17 heavy (non-hydrogen) atoms. The fraction of sp³-hybridized carbons (Fsp3) is 0.167. The molecule has 0 fully saturated rings. The summed E-state index contributed by atoms with van der Waals surface area (Å²) in [6.45, 7) is 0. The summed E-state index contributed by atoms with van der Waals surface area (Å²) in [5.41, 5.74) is -0.223. The van der Waals surface area contributed by atoms with E-state index in [4.69, 9.17) is 0 Å². The SMILES string of the molecule is CN(C)c1ccc(Nc2c([O-])c(=O)c2=O)cc1. The summed E-state index contributed by atoms with van der Waals surface area (Å²) < 4.78 is 0. The maximum absolute atomic E-state index is 11.1. The molecule has 0 unspecified atom stereocenters. The summed E-state index contributed by atoms with van der Waals surface area (Å²) in [7, 11) is 3.82. The minimum absolute atomic E-state index is 0.146. The van der Waals surface area contributed by atoms with Crippen molar-refractivity contribution in [2.75, 3.05) is 24.3 Å². The molecule has 0 saturated heterocycles. The molecular formula is C12H11N2O3-. The first-order valence-electron chi connectivity index (χ1n) is 5.05. The van der Waals surface area contributed by atoms with Gasteiger partial charge in [-0.25, -0.2) is 0 Å². The van der Waals surface area contributed by atoms with Gasteiger partial charge in [0.15, 0.2) is 0 Å². The normalized spacial score (nSPS) is 10.5. The van der Waals surface area contributed by atoms with Crippen molar-refractivity contribution in [3.63, 3.8) is 0 Å². The number of hydrogen-bond donors (Lipinski definition) is 1. The first kappa shape index (κ1) is 11.2. The van der Waals surface area contributed by atoms with E-state index in [0.29, 0.717) is 5.69 Å². The van der Waals surface area contributed by atoms with Crippen LogP contribution in [0.25, 0.3) is 0 Å². The molecule has 0 aliphatic heterocycles. The number of benzene rings is 1. The molecule has 0 bridgehead atoms. The molecule has 2 rings (SSSR count). The molecule has 0 heterocycles. The molecule has 2 aromatic rings. The van der Waals surface area contributed by atoms with Crippen LogP contribution in [0.3, 0.4) is 0 Å². The first-order chi connectivity index (χ1) is 8.00. The lowest BCUT2D eigenvalue weighted by atomic mass is 10.2. The molecule has 0 radical (unpaired) electrons. The van der Waals surface area contributed by atoms with Crippen LogP contribution in [0.4, 0.5) is 17.1 Å². The van der Waals surface area contributed by atoms with Gasteiger partial charge in [-0.3, -0.25) is 9.59 Å². The Kier molecular flexibility index (Phi) is 2.59. The first-order valence-corrected chi connectivity index (χ1v) is 5.05. The highest BCUT2D eigenvalue weighted by Gasteiger charge is 2.12. The molecule has 5 heteroatoms. The second-order valence-corrected chi connectivity index (χ2v) is 3.93. The summed E-state index contributed by atoms with van der Waals surface area (Å²) in [5.74, 6) is -0.744. The molecule has 0 aliphatic carbocycles. The fourth-order valence-corrected chi connectivity index (χ4v) is 1.47. The second-order valence-electron chi connectivity index (χ2n) is 3.93. The van der Waals surface area contributed by atoms with Crippen LogP contribution in [0, 0.1) is 0 Å². The Balaban J connectivity index is 2.21. The Morgan fingerprint density at radius 2 is 1.65 bits per heavy atom. The van der Waals surface area contributed by atoms with Crippen LogP contribution in [0.15, 0.2) is 33.9 Å². The highest BCUT2D eigenvalue weighted by molar-refractivity contribution is 5.69. The lowest BCUT2D eigenvalue weighted by molar-refractivity contribution is -0.270. The molecule has 0 spiro atoms. The zero-order chi connectivity index (χ0) is 12.6. The zero-order valence-electron chi connectivity index (χ0n) is 9.48. The molecule has 88 valence electrons. The van der Waals surface area contributed by atoms with Crippen LogP contribution in [0.1, 0.15) is 0 Å². The van der Waals surface area contributed by atoms with Gasteiger partial charge in [0, 0.05) is 25.5 Å². The van der Waals surface area contributed by atoms with E-state index in [9.17, 15) is 14.7 Å². The van der Waals surface area contributed by atoms with Gasteiger partial charge in [-0.1, -0.05) is 0 Å². The lowest BCUT2D eigenvalue weighted by Crippen LogP contribution is -2.36. The molecule has 0 amide bonds. The van der Waals surface area contributed by atoms with Crippen LogP contribution in [-0.2, 0) is 0 Å². The molecule has 0 saturated carbocycles. The molecule has 2 aromatic carbocycles. The van der Waals surface area contributed by atoms with Gasteiger partial charge in [0.2, 0.25) is 10.9 Å². The van der Waals surface area contributed by atoms with Crippen molar-refractivity contribution in [3.05, 3.63) is 44.7 Å². The molecule has 0 atom stereocenters. The van der Waals surface area contributed by atoms with Gasteiger partial charge in [-0.05, 0) is 30.0 Å². The number of rotatable bonds is 3. The van der Waals surface area contributed by atoms with Crippen molar-refractivity contribution in [3.8, 4) is 5.75 Å². The highest BCUT2D eigenvalue weighted by atomic mass is 16.3. The van der Waals surface area contributed by atoms with E-state index in [-0.39, 0.29) is 5.69 Å². The third-order valence-corrected chi connectivity index (χ3v) is 2.52. The largest absolute Gasteiger partial charge is 0.868 e. The third-order valence-electron chi connectivity index (χ3n) is 2.52. The predicted molar refractivity (Wildman–Crippen MR) is 64.9 cm³/mol. The maximum Gasteiger partial charge on any atom is 0.247 e. The molecule has 5 nitrogen and oxygen atoms in total. The average molecular weight is 231 g/mol. The van der Waals surface area contributed by atoms with Gasteiger partial charge in [-0.15, -0.1) is 0 Å². The molecular weight excluding hydrogens is 220 g/mol. The summed E-state index contributed by atoms with van der Waals surface area (Å²) in [6.07, 6.45) is 0. The number of nitrogens with zero attached hydrogens (tertiary/aromatic N) is 1.